The van der Waals surface area contributed by atoms with Gasteiger partial charge in [0.25, 0.3) is 5.69 Å². The minimum atomic E-state index is -0.522. The van der Waals surface area contributed by atoms with Crippen LogP contribution < -0.4 is 4.74 Å². The fourth-order valence-electron chi connectivity index (χ4n) is 1.41. The van der Waals surface area contributed by atoms with Crippen LogP contribution in [0.25, 0.3) is 0 Å². The monoisotopic (exact) mass is 270 g/mol. The maximum atomic E-state index is 10.5. The van der Waals surface area contributed by atoms with Gasteiger partial charge in [0, 0.05) is 17.7 Å². The summed E-state index contributed by atoms with van der Waals surface area (Å²) in [6.07, 6.45) is 1.14. The number of aliphatic hydroxyl groups excluding tert-OH is 1. The zero-order chi connectivity index (χ0) is 14.4. The van der Waals surface area contributed by atoms with Crippen molar-refractivity contribution in [2.75, 3.05) is 6.61 Å². The quantitative estimate of drug-likeness (QED) is 0.524. The summed E-state index contributed by atoms with van der Waals surface area (Å²) in [5.41, 5.74) is 0.662. The summed E-state index contributed by atoms with van der Waals surface area (Å²) < 4.78 is 5.44. The van der Waals surface area contributed by atoms with Crippen molar-refractivity contribution in [2.45, 2.75) is 0 Å². The van der Waals surface area contributed by atoms with Crippen LogP contribution in [-0.2, 0) is 0 Å². The highest BCUT2D eigenvalue weighted by Gasteiger charge is 2.06. The Balaban J connectivity index is 2.08. The van der Waals surface area contributed by atoms with Crippen molar-refractivity contribution in [1.29, 1.82) is 0 Å². The SMILES string of the molecule is O=[N+]([O-])c1ccc(Oc2ccc(C#CCO)cc2)nc1. The Bertz CT molecular complexity index is 654. The molecule has 0 fully saturated rings. The van der Waals surface area contributed by atoms with Crippen LogP contribution in [0.15, 0.2) is 42.6 Å². The number of ether oxygens (including phenoxy) is 1. The van der Waals surface area contributed by atoms with Crippen LogP contribution in [0.4, 0.5) is 5.69 Å². The standard InChI is InChI=1S/C14H10N2O4/c17-9-1-2-11-3-6-13(7-4-11)20-14-8-5-12(10-15-14)16(18)19/h3-8,10,17H,9H2. The fourth-order valence-corrected chi connectivity index (χ4v) is 1.41. The van der Waals surface area contributed by atoms with Crippen molar-refractivity contribution in [3.05, 3.63) is 58.3 Å². The van der Waals surface area contributed by atoms with Gasteiger partial charge in [-0.1, -0.05) is 11.8 Å². The van der Waals surface area contributed by atoms with Gasteiger partial charge in [-0.25, -0.2) is 4.98 Å². The smallest absolute Gasteiger partial charge is 0.287 e. The van der Waals surface area contributed by atoms with Gasteiger partial charge in [0.1, 0.15) is 18.6 Å². The molecule has 0 bridgehead atoms. The topological polar surface area (TPSA) is 85.5 Å². The van der Waals surface area contributed by atoms with Gasteiger partial charge in [-0.3, -0.25) is 10.1 Å². The molecule has 0 saturated heterocycles. The van der Waals surface area contributed by atoms with Gasteiger partial charge in [0.15, 0.2) is 0 Å². The number of hydrogen-bond acceptors (Lipinski definition) is 5. The van der Waals surface area contributed by atoms with E-state index < -0.39 is 4.92 Å². The molecule has 0 aliphatic carbocycles. The van der Waals surface area contributed by atoms with Crippen molar-refractivity contribution in [2.24, 2.45) is 0 Å². The number of hydrogen-bond donors (Lipinski definition) is 1. The molecule has 100 valence electrons. The summed E-state index contributed by atoms with van der Waals surface area (Å²) in [4.78, 5) is 13.8. The van der Waals surface area contributed by atoms with Crippen molar-refractivity contribution < 1.29 is 14.8 Å². The zero-order valence-corrected chi connectivity index (χ0v) is 10.3. The van der Waals surface area contributed by atoms with E-state index in [1.54, 1.807) is 24.3 Å². The molecule has 1 aromatic heterocycles. The number of pyridine rings is 1. The number of rotatable bonds is 3. The molecule has 1 N–H and O–H groups in total. The Morgan fingerprint density at radius 3 is 2.55 bits per heavy atom. The van der Waals surface area contributed by atoms with Gasteiger partial charge in [-0.2, -0.15) is 0 Å². The summed E-state index contributed by atoms with van der Waals surface area (Å²) in [6, 6.07) is 9.63. The molecule has 0 spiro atoms. The number of aliphatic hydroxyl groups is 1. The Morgan fingerprint density at radius 2 is 2.00 bits per heavy atom. The van der Waals surface area contributed by atoms with Crippen molar-refractivity contribution in [3.63, 3.8) is 0 Å². The summed E-state index contributed by atoms with van der Waals surface area (Å²) in [6.45, 7) is -0.190. The molecule has 0 atom stereocenters. The first-order valence-corrected chi connectivity index (χ1v) is 5.67. The molecule has 1 heterocycles. The van der Waals surface area contributed by atoms with Crippen LogP contribution in [0.1, 0.15) is 5.56 Å². The van der Waals surface area contributed by atoms with E-state index in [1.165, 1.54) is 12.1 Å². The highest BCUT2D eigenvalue weighted by Crippen LogP contribution is 2.21. The molecular weight excluding hydrogens is 260 g/mol. The predicted octanol–water partition coefficient (Wildman–Crippen LogP) is 2.13. The van der Waals surface area contributed by atoms with Crippen LogP contribution in [0.3, 0.4) is 0 Å². The molecule has 0 amide bonds. The molecule has 0 aliphatic rings. The minimum Gasteiger partial charge on any atom is -0.439 e. The Labute approximate surface area is 114 Å². The first-order valence-electron chi connectivity index (χ1n) is 5.67. The second-order valence-electron chi connectivity index (χ2n) is 3.70. The lowest BCUT2D eigenvalue weighted by molar-refractivity contribution is -0.385. The number of nitro groups is 1. The summed E-state index contributed by atoms with van der Waals surface area (Å²) >= 11 is 0. The predicted molar refractivity (Wildman–Crippen MR) is 71.4 cm³/mol. The third-order valence-corrected chi connectivity index (χ3v) is 2.32. The maximum absolute atomic E-state index is 10.5. The lowest BCUT2D eigenvalue weighted by Crippen LogP contribution is -1.91. The second kappa shape index (κ2) is 6.31. The van der Waals surface area contributed by atoms with E-state index in [2.05, 4.69) is 16.8 Å². The van der Waals surface area contributed by atoms with E-state index in [0.717, 1.165) is 11.8 Å². The van der Waals surface area contributed by atoms with E-state index in [1.807, 2.05) is 0 Å². The Kier molecular flexibility index (Phi) is 4.27. The molecule has 0 aliphatic heterocycles. The fraction of sp³-hybridized carbons (Fsp3) is 0.0714. The maximum Gasteiger partial charge on any atom is 0.287 e. The zero-order valence-electron chi connectivity index (χ0n) is 10.3. The third-order valence-electron chi connectivity index (χ3n) is 2.32. The van der Waals surface area contributed by atoms with Crippen LogP contribution >= 0.6 is 0 Å². The molecule has 0 saturated carbocycles. The van der Waals surface area contributed by atoms with E-state index in [9.17, 15) is 10.1 Å². The summed E-state index contributed by atoms with van der Waals surface area (Å²) in [7, 11) is 0. The second-order valence-corrected chi connectivity index (χ2v) is 3.70. The number of benzene rings is 1. The van der Waals surface area contributed by atoms with Crippen molar-refractivity contribution in [3.8, 4) is 23.5 Å². The van der Waals surface area contributed by atoms with E-state index >= 15 is 0 Å². The molecular formula is C14H10N2O4. The Morgan fingerprint density at radius 1 is 1.25 bits per heavy atom. The van der Waals surface area contributed by atoms with E-state index in [0.29, 0.717) is 5.75 Å². The first kappa shape index (κ1) is 13.5. The van der Waals surface area contributed by atoms with Gasteiger partial charge in [-0.05, 0) is 24.3 Å². The molecule has 20 heavy (non-hydrogen) atoms. The van der Waals surface area contributed by atoms with E-state index in [-0.39, 0.29) is 18.2 Å². The highest BCUT2D eigenvalue weighted by molar-refractivity contribution is 5.39. The van der Waals surface area contributed by atoms with Crippen LogP contribution in [0.5, 0.6) is 11.6 Å². The first-order chi connectivity index (χ1) is 9.69. The van der Waals surface area contributed by atoms with Crippen LogP contribution in [-0.4, -0.2) is 21.6 Å². The summed E-state index contributed by atoms with van der Waals surface area (Å²) in [5, 5.41) is 19.1. The molecule has 1 aromatic carbocycles. The molecule has 2 aromatic rings. The van der Waals surface area contributed by atoms with Gasteiger partial charge >= 0.3 is 0 Å². The molecule has 2 rings (SSSR count). The highest BCUT2D eigenvalue weighted by atomic mass is 16.6. The largest absolute Gasteiger partial charge is 0.439 e. The molecule has 6 nitrogen and oxygen atoms in total. The van der Waals surface area contributed by atoms with Gasteiger partial charge in [0.05, 0.1) is 4.92 Å². The van der Waals surface area contributed by atoms with Gasteiger partial charge in [0.2, 0.25) is 5.88 Å². The lowest BCUT2D eigenvalue weighted by Gasteiger charge is -2.03. The minimum absolute atomic E-state index is 0.0908. The summed E-state index contributed by atoms with van der Waals surface area (Å²) in [5.74, 6) is 6.11. The molecule has 6 heteroatoms. The van der Waals surface area contributed by atoms with Gasteiger partial charge < -0.3 is 9.84 Å². The number of aromatic nitrogens is 1. The molecule has 0 radical (unpaired) electrons. The Hall–Kier alpha value is -2.91. The average Bonchev–Trinajstić information content (AvgIpc) is 2.47. The van der Waals surface area contributed by atoms with Crippen molar-refractivity contribution >= 4 is 5.69 Å². The lowest BCUT2D eigenvalue weighted by atomic mass is 10.2. The van der Waals surface area contributed by atoms with Crippen molar-refractivity contribution in [1.82, 2.24) is 4.98 Å². The third kappa shape index (κ3) is 3.54. The average molecular weight is 270 g/mol. The van der Waals surface area contributed by atoms with Gasteiger partial charge in [-0.15, -0.1) is 0 Å². The van der Waals surface area contributed by atoms with E-state index in [4.69, 9.17) is 9.84 Å². The number of nitrogens with zero attached hydrogens (tertiary/aromatic N) is 2. The van der Waals surface area contributed by atoms with Crippen LogP contribution in [0, 0.1) is 22.0 Å². The van der Waals surface area contributed by atoms with Crippen LogP contribution in [0.2, 0.25) is 0 Å². The molecule has 0 unspecified atom stereocenters. The normalized spacial score (nSPS) is 9.45.